The third kappa shape index (κ3) is 3.91. The van der Waals surface area contributed by atoms with Crippen molar-refractivity contribution in [2.24, 2.45) is 0 Å². The van der Waals surface area contributed by atoms with Crippen LogP contribution in [0, 0.1) is 6.92 Å². The number of rotatable bonds is 4. The van der Waals surface area contributed by atoms with Gasteiger partial charge in [0.25, 0.3) is 5.91 Å². The SMILES string of the molecule is Cc1cccc(Nc2ncccc2C(=O)Nc2cccc(Cl)c2)c1. The molecule has 0 saturated heterocycles. The van der Waals surface area contributed by atoms with E-state index < -0.39 is 0 Å². The number of amides is 1. The smallest absolute Gasteiger partial charge is 0.259 e. The molecule has 3 aromatic rings. The molecule has 0 atom stereocenters. The van der Waals surface area contributed by atoms with Gasteiger partial charge in [-0.2, -0.15) is 0 Å². The summed E-state index contributed by atoms with van der Waals surface area (Å²) in [7, 11) is 0. The van der Waals surface area contributed by atoms with Crippen LogP contribution in [0.3, 0.4) is 0 Å². The van der Waals surface area contributed by atoms with Crippen LogP contribution < -0.4 is 10.6 Å². The maximum atomic E-state index is 12.6. The fourth-order valence-corrected chi connectivity index (χ4v) is 2.50. The number of nitrogens with zero attached hydrogens (tertiary/aromatic N) is 1. The molecule has 5 heteroatoms. The standard InChI is InChI=1S/C19H16ClN3O/c1-13-5-2-7-15(11-13)22-18-17(9-4-10-21-18)19(24)23-16-8-3-6-14(20)12-16/h2-12H,1H3,(H,21,22)(H,23,24). The van der Waals surface area contributed by atoms with E-state index in [1.165, 1.54) is 0 Å². The van der Waals surface area contributed by atoms with Crippen LogP contribution in [0.15, 0.2) is 66.9 Å². The van der Waals surface area contributed by atoms with Crippen LogP contribution in [0.5, 0.6) is 0 Å². The molecule has 4 nitrogen and oxygen atoms in total. The molecule has 2 aromatic carbocycles. The van der Waals surface area contributed by atoms with Crippen molar-refractivity contribution in [1.82, 2.24) is 4.98 Å². The van der Waals surface area contributed by atoms with Gasteiger partial charge in [0.05, 0.1) is 5.56 Å². The number of pyridine rings is 1. The minimum atomic E-state index is -0.250. The van der Waals surface area contributed by atoms with Gasteiger partial charge in [-0.25, -0.2) is 4.98 Å². The van der Waals surface area contributed by atoms with Crippen molar-refractivity contribution >= 4 is 34.7 Å². The van der Waals surface area contributed by atoms with Crippen molar-refractivity contribution in [3.63, 3.8) is 0 Å². The molecule has 1 aromatic heterocycles. The first-order valence-electron chi connectivity index (χ1n) is 7.47. The summed E-state index contributed by atoms with van der Waals surface area (Å²) in [5.41, 5.74) is 3.10. The van der Waals surface area contributed by atoms with Crippen molar-refractivity contribution in [3.8, 4) is 0 Å². The number of carbonyl (C=O) groups excluding carboxylic acids is 1. The molecule has 0 spiro atoms. The Morgan fingerprint density at radius 1 is 1.00 bits per heavy atom. The summed E-state index contributed by atoms with van der Waals surface area (Å²) in [4.78, 5) is 16.9. The molecule has 0 radical (unpaired) electrons. The average Bonchev–Trinajstić information content (AvgIpc) is 2.55. The lowest BCUT2D eigenvalue weighted by Gasteiger charge is -2.12. The molecule has 0 saturated carbocycles. The van der Waals surface area contributed by atoms with Gasteiger partial charge in [-0.1, -0.05) is 29.8 Å². The summed E-state index contributed by atoms with van der Waals surface area (Å²) >= 11 is 5.95. The summed E-state index contributed by atoms with van der Waals surface area (Å²) in [5, 5.41) is 6.59. The highest BCUT2D eigenvalue weighted by molar-refractivity contribution is 6.31. The van der Waals surface area contributed by atoms with E-state index in [1.807, 2.05) is 31.2 Å². The monoisotopic (exact) mass is 337 g/mol. The molecular weight excluding hydrogens is 322 g/mol. The van der Waals surface area contributed by atoms with Crippen molar-refractivity contribution in [2.45, 2.75) is 6.92 Å². The fraction of sp³-hybridized carbons (Fsp3) is 0.0526. The highest BCUT2D eigenvalue weighted by Gasteiger charge is 2.13. The van der Waals surface area contributed by atoms with Crippen LogP contribution >= 0.6 is 11.6 Å². The molecule has 24 heavy (non-hydrogen) atoms. The Hall–Kier alpha value is -2.85. The molecule has 0 aliphatic heterocycles. The normalized spacial score (nSPS) is 10.2. The van der Waals surface area contributed by atoms with Gasteiger partial charge >= 0.3 is 0 Å². The Balaban J connectivity index is 1.84. The van der Waals surface area contributed by atoms with Crippen molar-refractivity contribution < 1.29 is 4.79 Å². The van der Waals surface area contributed by atoms with Gasteiger partial charge in [0.15, 0.2) is 0 Å². The van der Waals surface area contributed by atoms with Crippen LogP contribution in [-0.4, -0.2) is 10.9 Å². The van der Waals surface area contributed by atoms with Crippen LogP contribution in [0.1, 0.15) is 15.9 Å². The van der Waals surface area contributed by atoms with Gasteiger partial charge in [0.1, 0.15) is 5.82 Å². The Bertz CT molecular complexity index is 880. The molecule has 120 valence electrons. The molecule has 2 N–H and O–H groups in total. The van der Waals surface area contributed by atoms with E-state index in [2.05, 4.69) is 15.6 Å². The molecule has 0 unspecified atom stereocenters. The lowest BCUT2D eigenvalue weighted by Crippen LogP contribution is -2.14. The second-order valence-corrected chi connectivity index (χ2v) is 5.79. The zero-order valence-electron chi connectivity index (χ0n) is 13.1. The largest absolute Gasteiger partial charge is 0.340 e. The molecule has 1 heterocycles. The maximum Gasteiger partial charge on any atom is 0.259 e. The Kier molecular flexibility index (Phi) is 4.77. The number of aryl methyl sites for hydroxylation is 1. The highest BCUT2D eigenvalue weighted by atomic mass is 35.5. The second kappa shape index (κ2) is 7.15. The highest BCUT2D eigenvalue weighted by Crippen LogP contribution is 2.21. The topological polar surface area (TPSA) is 54.0 Å². The molecule has 3 rings (SSSR count). The Morgan fingerprint density at radius 3 is 2.58 bits per heavy atom. The minimum Gasteiger partial charge on any atom is -0.340 e. The number of benzene rings is 2. The summed E-state index contributed by atoms with van der Waals surface area (Å²) in [6.45, 7) is 2.01. The van der Waals surface area contributed by atoms with E-state index in [0.29, 0.717) is 22.1 Å². The van der Waals surface area contributed by atoms with E-state index in [1.54, 1.807) is 42.6 Å². The average molecular weight is 338 g/mol. The number of carbonyl (C=O) groups is 1. The zero-order valence-corrected chi connectivity index (χ0v) is 13.8. The quantitative estimate of drug-likeness (QED) is 0.701. The van der Waals surface area contributed by atoms with Crippen molar-refractivity contribution in [1.29, 1.82) is 0 Å². The molecule has 0 aliphatic rings. The van der Waals surface area contributed by atoms with E-state index >= 15 is 0 Å². The first-order valence-corrected chi connectivity index (χ1v) is 7.85. The van der Waals surface area contributed by atoms with Gasteiger partial charge in [0, 0.05) is 22.6 Å². The summed E-state index contributed by atoms with van der Waals surface area (Å²) < 4.78 is 0. The lowest BCUT2D eigenvalue weighted by molar-refractivity contribution is 0.102. The van der Waals surface area contributed by atoms with Gasteiger partial charge in [0.2, 0.25) is 0 Å². The predicted octanol–water partition coefficient (Wildman–Crippen LogP) is 5.04. The van der Waals surface area contributed by atoms with Gasteiger partial charge in [-0.05, 0) is 55.0 Å². The lowest BCUT2D eigenvalue weighted by atomic mass is 10.2. The summed E-state index contributed by atoms with van der Waals surface area (Å²) in [6, 6.07) is 18.4. The van der Waals surface area contributed by atoms with Gasteiger partial charge in [-0.15, -0.1) is 0 Å². The third-order valence-electron chi connectivity index (χ3n) is 3.42. The first-order chi connectivity index (χ1) is 11.6. The zero-order chi connectivity index (χ0) is 16.9. The third-order valence-corrected chi connectivity index (χ3v) is 3.65. The second-order valence-electron chi connectivity index (χ2n) is 5.36. The Morgan fingerprint density at radius 2 is 1.79 bits per heavy atom. The molecule has 0 bridgehead atoms. The van der Waals surface area contributed by atoms with Crippen molar-refractivity contribution in [2.75, 3.05) is 10.6 Å². The van der Waals surface area contributed by atoms with Crippen LogP contribution in [0.4, 0.5) is 17.2 Å². The Labute approximate surface area is 145 Å². The summed E-state index contributed by atoms with van der Waals surface area (Å²) in [6.07, 6.45) is 1.65. The molecule has 0 aliphatic carbocycles. The van der Waals surface area contributed by atoms with Gasteiger partial charge in [-0.3, -0.25) is 4.79 Å². The first kappa shape index (κ1) is 16.0. The van der Waals surface area contributed by atoms with E-state index in [4.69, 9.17) is 11.6 Å². The molecule has 0 fully saturated rings. The number of anilines is 3. The maximum absolute atomic E-state index is 12.6. The minimum absolute atomic E-state index is 0.250. The van der Waals surface area contributed by atoms with Crippen LogP contribution in [0.2, 0.25) is 5.02 Å². The fourth-order valence-electron chi connectivity index (χ4n) is 2.31. The van der Waals surface area contributed by atoms with E-state index in [9.17, 15) is 4.79 Å². The number of hydrogen-bond donors (Lipinski definition) is 2. The van der Waals surface area contributed by atoms with E-state index in [-0.39, 0.29) is 5.91 Å². The molecule has 1 amide bonds. The van der Waals surface area contributed by atoms with E-state index in [0.717, 1.165) is 11.3 Å². The summed E-state index contributed by atoms with van der Waals surface area (Å²) in [5.74, 6) is 0.253. The number of hydrogen-bond acceptors (Lipinski definition) is 3. The number of aromatic nitrogens is 1. The van der Waals surface area contributed by atoms with Gasteiger partial charge < -0.3 is 10.6 Å². The van der Waals surface area contributed by atoms with Crippen LogP contribution in [-0.2, 0) is 0 Å². The number of nitrogens with one attached hydrogen (secondary N) is 2. The van der Waals surface area contributed by atoms with Crippen LogP contribution in [0.25, 0.3) is 0 Å². The number of halogens is 1. The van der Waals surface area contributed by atoms with Crippen molar-refractivity contribution in [3.05, 3.63) is 83.0 Å². The predicted molar refractivity (Wildman–Crippen MR) is 98.1 cm³/mol. The molecular formula is C19H16ClN3O.